The second-order valence-corrected chi connectivity index (χ2v) is 8.19. The first-order chi connectivity index (χ1) is 11.8. The molecule has 0 saturated heterocycles. The number of nitrogens with zero attached hydrogens (tertiary/aromatic N) is 1. The molecule has 1 aromatic carbocycles. The van der Waals surface area contributed by atoms with Crippen molar-refractivity contribution in [3.63, 3.8) is 0 Å². The summed E-state index contributed by atoms with van der Waals surface area (Å²) < 4.78 is 32.5. The maximum atomic E-state index is 12.6. The minimum Gasteiger partial charge on any atom is -0.360 e. The highest BCUT2D eigenvalue weighted by Gasteiger charge is 2.23. The quantitative estimate of drug-likeness (QED) is 0.709. The van der Waals surface area contributed by atoms with Crippen LogP contribution in [0.25, 0.3) is 0 Å². The third-order valence-electron chi connectivity index (χ3n) is 3.28. The van der Waals surface area contributed by atoms with Gasteiger partial charge in [0.15, 0.2) is 5.82 Å². The Kier molecular flexibility index (Phi) is 4.60. The van der Waals surface area contributed by atoms with Crippen LogP contribution in [0.1, 0.15) is 20.3 Å². The number of hydrogen-bond acceptors (Lipinski definition) is 6. The van der Waals surface area contributed by atoms with Gasteiger partial charge in [-0.15, -0.1) is 11.3 Å². The molecule has 0 atom stereocenters. The second-order valence-electron chi connectivity index (χ2n) is 5.28. The normalized spacial score (nSPS) is 11.3. The molecule has 0 aliphatic heterocycles. The summed E-state index contributed by atoms with van der Waals surface area (Å²) in [4.78, 5) is 13.1. The molecule has 130 valence electrons. The fraction of sp³-hybridized carbons (Fsp3) is 0.125. The molecule has 1 amide bonds. The predicted molar refractivity (Wildman–Crippen MR) is 95.5 cm³/mol. The number of amides is 1. The lowest BCUT2D eigenvalue weighted by Crippen LogP contribution is -2.13. The maximum Gasteiger partial charge on any atom is 0.267 e. The van der Waals surface area contributed by atoms with Crippen molar-refractivity contribution in [2.45, 2.75) is 18.7 Å². The first-order valence-electron chi connectivity index (χ1n) is 7.28. The summed E-state index contributed by atoms with van der Waals surface area (Å²) in [6.45, 7) is 3.36. The van der Waals surface area contributed by atoms with Gasteiger partial charge in [-0.05, 0) is 32.0 Å². The highest BCUT2D eigenvalue weighted by Crippen LogP contribution is 2.28. The van der Waals surface area contributed by atoms with E-state index >= 15 is 0 Å². The Balaban J connectivity index is 1.83. The number of hydrogen-bond donors (Lipinski definition) is 2. The van der Waals surface area contributed by atoms with Gasteiger partial charge in [0.25, 0.3) is 15.9 Å². The van der Waals surface area contributed by atoms with E-state index in [0.717, 1.165) is 11.3 Å². The lowest BCUT2D eigenvalue weighted by atomic mass is 10.3. The SMILES string of the molecule is Cc1cc(NC(=O)c2cc(S(=O)(=O)Nc3ccccc3)c(C)s2)no1. The largest absolute Gasteiger partial charge is 0.360 e. The zero-order valence-electron chi connectivity index (χ0n) is 13.4. The molecule has 0 fully saturated rings. The van der Waals surface area contributed by atoms with Crippen LogP contribution in [0.15, 0.2) is 51.9 Å². The smallest absolute Gasteiger partial charge is 0.267 e. The van der Waals surface area contributed by atoms with Crippen LogP contribution in [0, 0.1) is 13.8 Å². The van der Waals surface area contributed by atoms with Crippen LogP contribution in [0.3, 0.4) is 0 Å². The van der Waals surface area contributed by atoms with Crippen LogP contribution in [0.4, 0.5) is 11.5 Å². The van der Waals surface area contributed by atoms with Crippen LogP contribution in [-0.2, 0) is 10.0 Å². The Morgan fingerprint density at radius 2 is 1.88 bits per heavy atom. The fourth-order valence-corrected chi connectivity index (χ4v) is 4.71. The summed E-state index contributed by atoms with van der Waals surface area (Å²) in [7, 11) is -3.78. The highest BCUT2D eigenvalue weighted by molar-refractivity contribution is 7.93. The van der Waals surface area contributed by atoms with Crippen molar-refractivity contribution in [3.05, 3.63) is 58.0 Å². The van der Waals surface area contributed by atoms with Crippen molar-refractivity contribution in [3.8, 4) is 0 Å². The molecule has 2 N–H and O–H groups in total. The van der Waals surface area contributed by atoms with E-state index in [9.17, 15) is 13.2 Å². The summed E-state index contributed by atoms with van der Waals surface area (Å²) in [5.41, 5.74) is 0.456. The highest BCUT2D eigenvalue weighted by atomic mass is 32.2. The molecule has 0 aliphatic carbocycles. The number of rotatable bonds is 5. The number of aromatic nitrogens is 1. The van der Waals surface area contributed by atoms with Crippen LogP contribution in [0.2, 0.25) is 0 Å². The molecule has 2 aromatic heterocycles. The molecule has 0 saturated carbocycles. The van der Waals surface area contributed by atoms with E-state index in [-0.39, 0.29) is 15.6 Å². The second kappa shape index (κ2) is 6.69. The molecule has 0 radical (unpaired) electrons. The average molecular weight is 377 g/mol. The molecule has 3 aromatic rings. The van der Waals surface area contributed by atoms with Gasteiger partial charge in [0.05, 0.1) is 4.88 Å². The monoisotopic (exact) mass is 377 g/mol. The van der Waals surface area contributed by atoms with E-state index in [1.54, 1.807) is 50.2 Å². The lowest BCUT2D eigenvalue weighted by Gasteiger charge is -2.06. The van der Waals surface area contributed by atoms with Gasteiger partial charge in [-0.25, -0.2) is 8.42 Å². The fourth-order valence-electron chi connectivity index (χ4n) is 2.16. The molecule has 2 heterocycles. The Hall–Kier alpha value is -2.65. The Morgan fingerprint density at radius 1 is 1.16 bits per heavy atom. The van der Waals surface area contributed by atoms with Gasteiger partial charge in [0.1, 0.15) is 10.7 Å². The average Bonchev–Trinajstić information content (AvgIpc) is 3.14. The number of para-hydroxylation sites is 1. The lowest BCUT2D eigenvalue weighted by molar-refractivity contribution is 0.102. The van der Waals surface area contributed by atoms with Crippen molar-refractivity contribution in [1.82, 2.24) is 5.16 Å². The van der Waals surface area contributed by atoms with Gasteiger partial charge >= 0.3 is 0 Å². The van der Waals surface area contributed by atoms with Gasteiger partial charge in [-0.2, -0.15) is 0 Å². The number of nitrogens with one attached hydrogen (secondary N) is 2. The van der Waals surface area contributed by atoms with E-state index in [4.69, 9.17) is 4.52 Å². The molecular formula is C16H15N3O4S2. The number of carbonyl (C=O) groups excluding carboxylic acids is 1. The molecule has 0 aliphatic rings. The van der Waals surface area contributed by atoms with Crippen LogP contribution in [0.5, 0.6) is 0 Å². The maximum absolute atomic E-state index is 12.6. The van der Waals surface area contributed by atoms with E-state index in [0.29, 0.717) is 16.3 Å². The van der Waals surface area contributed by atoms with Crippen molar-refractivity contribution >= 4 is 38.8 Å². The van der Waals surface area contributed by atoms with E-state index in [1.165, 1.54) is 6.07 Å². The molecule has 0 spiro atoms. The van der Waals surface area contributed by atoms with E-state index < -0.39 is 15.9 Å². The number of aryl methyl sites for hydroxylation is 2. The van der Waals surface area contributed by atoms with E-state index in [1.807, 2.05) is 0 Å². The Morgan fingerprint density at radius 3 is 2.52 bits per heavy atom. The summed E-state index contributed by atoms with van der Waals surface area (Å²) in [5, 5.41) is 6.25. The summed E-state index contributed by atoms with van der Waals surface area (Å²) in [5.74, 6) is 0.399. The van der Waals surface area contributed by atoms with Crippen molar-refractivity contribution in [2.24, 2.45) is 0 Å². The molecular weight excluding hydrogens is 362 g/mol. The summed E-state index contributed by atoms with van der Waals surface area (Å²) >= 11 is 1.10. The third-order valence-corrected chi connectivity index (χ3v) is 5.97. The van der Waals surface area contributed by atoms with Crippen LogP contribution >= 0.6 is 11.3 Å². The molecule has 3 rings (SSSR count). The summed E-state index contributed by atoms with van der Waals surface area (Å²) in [6, 6.07) is 11.5. The standard InChI is InChI=1S/C16H15N3O4S2/c1-10-8-15(18-23-10)17-16(20)13-9-14(11(2)24-13)25(21,22)19-12-6-4-3-5-7-12/h3-9,19H,1-2H3,(H,17,18,20). The third kappa shape index (κ3) is 3.89. The predicted octanol–water partition coefficient (Wildman–Crippen LogP) is 3.41. The first kappa shape index (κ1) is 17.2. The Labute approximate surface area is 148 Å². The molecule has 7 nitrogen and oxygen atoms in total. The van der Waals surface area contributed by atoms with Crippen molar-refractivity contribution < 1.29 is 17.7 Å². The number of thiophene rings is 1. The van der Waals surface area contributed by atoms with Crippen molar-refractivity contribution in [1.29, 1.82) is 0 Å². The van der Waals surface area contributed by atoms with Gasteiger partial charge in [0.2, 0.25) is 0 Å². The minimum atomic E-state index is -3.78. The topological polar surface area (TPSA) is 101 Å². The number of sulfonamides is 1. The number of carbonyl (C=O) groups is 1. The Bertz CT molecular complexity index is 1010. The van der Waals surface area contributed by atoms with Crippen LogP contribution in [-0.4, -0.2) is 19.5 Å². The molecule has 0 bridgehead atoms. The van der Waals surface area contributed by atoms with Gasteiger partial charge in [0, 0.05) is 16.6 Å². The molecule has 0 unspecified atom stereocenters. The number of benzene rings is 1. The minimum absolute atomic E-state index is 0.0721. The number of anilines is 2. The van der Waals surface area contributed by atoms with Crippen molar-refractivity contribution in [2.75, 3.05) is 10.0 Å². The zero-order chi connectivity index (χ0) is 18.0. The molecule has 9 heteroatoms. The van der Waals surface area contributed by atoms with Gasteiger partial charge < -0.3 is 9.84 Å². The van der Waals surface area contributed by atoms with Crippen LogP contribution < -0.4 is 10.0 Å². The molecule has 25 heavy (non-hydrogen) atoms. The van der Waals surface area contributed by atoms with Gasteiger partial charge in [-0.3, -0.25) is 9.52 Å². The zero-order valence-corrected chi connectivity index (χ0v) is 15.1. The first-order valence-corrected chi connectivity index (χ1v) is 9.58. The van der Waals surface area contributed by atoms with E-state index in [2.05, 4.69) is 15.2 Å². The van der Waals surface area contributed by atoms with Gasteiger partial charge in [-0.1, -0.05) is 23.4 Å². The summed E-state index contributed by atoms with van der Waals surface area (Å²) in [6.07, 6.45) is 0.